The smallest absolute Gasteiger partial charge is 0.407 e. The number of hydrogen-bond acceptors (Lipinski definition) is 4. The molecule has 2 aromatic carbocycles. The Kier molecular flexibility index (Phi) is 7.66. The molecule has 1 aliphatic carbocycles. The zero-order valence-electron chi connectivity index (χ0n) is 17.6. The molecule has 158 valence electrons. The Morgan fingerprint density at radius 1 is 1.07 bits per heavy atom. The van der Waals surface area contributed by atoms with Gasteiger partial charge in [0, 0.05) is 18.0 Å². The Bertz CT molecular complexity index is 874. The van der Waals surface area contributed by atoms with Crippen molar-refractivity contribution in [2.24, 2.45) is 0 Å². The molecule has 30 heavy (non-hydrogen) atoms. The number of nitrogens with one attached hydrogen (secondary N) is 1. The fourth-order valence-electron chi connectivity index (χ4n) is 3.80. The minimum Gasteiger partial charge on any atom is -0.463 e. The Morgan fingerprint density at radius 2 is 1.80 bits per heavy atom. The summed E-state index contributed by atoms with van der Waals surface area (Å²) in [6.45, 7) is 4.45. The molecule has 1 N–H and O–H groups in total. The molecule has 2 atom stereocenters. The fourth-order valence-corrected chi connectivity index (χ4v) is 3.80. The van der Waals surface area contributed by atoms with Gasteiger partial charge in [0.1, 0.15) is 6.61 Å². The van der Waals surface area contributed by atoms with Crippen molar-refractivity contribution in [2.75, 3.05) is 6.61 Å². The summed E-state index contributed by atoms with van der Waals surface area (Å²) < 4.78 is 10.5. The number of rotatable bonds is 6. The third kappa shape index (κ3) is 6.21. The van der Waals surface area contributed by atoms with Gasteiger partial charge >= 0.3 is 12.1 Å². The second-order valence-corrected chi connectivity index (χ2v) is 7.63. The van der Waals surface area contributed by atoms with E-state index in [4.69, 9.17) is 9.47 Å². The van der Waals surface area contributed by atoms with Crippen LogP contribution in [0.4, 0.5) is 4.79 Å². The first-order valence-corrected chi connectivity index (χ1v) is 10.4. The molecule has 1 saturated carbocycles. The lowest BCUT2D eigenvalue weighted by Gasteiger charge is -2.33. The van der Waals surface area contributed by atoms with Crippen LogP contribution in [-0.4, -0.2) is 24.7 Å². The molecule has 0 heterocycles. The largest absolute Gasteiger partial charge is 0.463 e. The molecule has 1 fully saturated rings. The lowest BCUT2D eigenvalue weighted by molar-refractivity contribution is -0.137. The molecule has 5 nitrogen and oxygen atoms in total. The van der Waals surface area contributed by atoms with Crippen LogP contribution in [0.3, 0.4) is 0 Å². The third-order valence-electron chi connectivity index (χ3n) is 5.37. The van der Waals surface area contributed by atoms with Gasteiger partial charge in [-0.15, -0.1) is 0 Å². The molecule has 5 heteroatoms. The number of esters is 1. The molecule has 0 unspecified atom stereocenters. The maximum atomic E-state index is 12.4. The van der Waals surface area contributed by atoms with Gasteiger partial charge in [-0.3, -0.25) is 0 Å². The van der Waals surface area contributed by atoms with E-state index in [2.05, 4.69) is 29.6 Å². The average Bonchev–Trinajstić information content (AvgIpc) is 2.75. The van der Waals surface area contributed by atoms with E-state index < -0.39 is 6.09 Å². The normalized spacial score (nSPS) is 19.9. The fraction of sp³-hybridized carbons (Fsp3) is 0.360. The molecule has 2 aromatic rings. The van der Waals surface area contributed by atoms with Gasteiger partial charge in [0.2, 0.25) is 0 Å². The number of ether oxygens (including phenoxy) is 2. The van der Waals surface area contributed by atoms with Crippen molar-refractivity contribution in [1.29, 1.82) is 0 Å². The Balaban J connectivity index is 1.69. The predicted molar refractivity (Wildman–Crippen MR) is 116 cm³/mol. The first-order valence-electron chi connectivity index (χ1n) is 10.4. The zero-order chi connectivity index (χ0) is 21.3. The van der Waals surface area contributed by atoms with Crippen LogP contribution >= 0.6 is 0 Å². The molecule has 0 radical (unpaired) electrons. The summed E-state index contributed by atoms with van der Waals surface area (Å²) in [5.74, 6) is -0.229. The van der Waals surface area contributed by atoms with E-state index in [0.29, 0.717) is 13.0 Å². The van der Waals surface area contributed by atoms with Crippen molar-refractivity contribution >= 4 is 12.1 Å². The van der Waals surface area contributed by atoms with Crippen LogP contribution < -0.4 is 5.32 Å². The SMILES string of the molecule is CCOC(=O)C=C1CC[C@H](NC(=O)OCc2ccccc2)[C@@H](c2ccc(C)cc2)C1. The van der Waals surface area contributed by atoms with Crippen molar-refractivity contribution in [1.82, 2.24) is 5.32 Å². The molecular formula is C25H29NO4. The van der Waals surface area contributed by atoms with Gasteiger partial charge in [0.15, 0.2) is 0 Å². The van der Waals surface area contributed by atoms with E-state index in [0.717, 1.165) is 29.5 Å². The molecule has 1 aliphatic rings. The maximum Gasteiger partial charge on any atom is 0.407 e. The monoisotopic (exact) mass is 407 g/mol. The second kappa shape index (κ2) is 10.6. The number of aryl methyl sites for hydroxylation is 1. The maximum absolute atomic E-state index is 12.4. The number of amides is 1. The summed E-state index contributed by atoms with van der Waals surface area (Å²) in [6, 6.07) is 17.9. The minimum atomic E-state index is -0.418. The first kappa shape index (κ1) is 21.6. The van der Waals surface area contributed by atoms with Gasteiger partial charge < -0.3 is 14.8 Å². The van der Waals surface area contributed by atoms with E-state index in [9.17, 15) is 9.59 Å². The van der Waals surface area contributed by atoms with Gasteiger partial charge in [0.25, 0.3) is 0 Å². The highest BCUT2D eigenvalue weighted by Crippen LogP contribution is 2.36. The quantitative estimate of drug-likeness (QED) is 0.538. The standard InChI is InChI=1S/C25H29NO4/c1-3-29-24(27)16-20-11-14-23(22(15-20)21-12-9-18(2)10-13-21)26-25(28)30-17-19-7-5-4-6-8-19/h4-10,12-13,16,22-23H,3,11,14-15,17H2,1-2H3,(H,26,28)/t22-,23+/m1/s1. The highest BCUT2D eigenvalue weighted by Gasteiger charge is 2.30. The molecule has 0 aromatic heterocycles. The third-order valence-corrected chi connectivity index (χ3v) is 5.37. The van der Waals surface area contributed by atoms with Crippen LogP contribution in [0.5, 0.6) is 0 Å². The zero-order valence-corrected chi connectivity index (χ0v) is 17.6. The van der Waals surface area contributed by atoms with Gasteiger partial charge in [-0.1, -0.05) is 65.7 Å². The van der Waals surface area contributed by atoms with Gasteiger partial charge in [-0.05, 0) is 44.2 Å². The number of hydrogen-bond donors (Lipinski definition) is 1. The van der Waals surface area contributed by atoms with Crippen LogP contribution in [0.15, 0.2) is 66.2 Å². The molecule has 0 saturated heterocycles. The number of alkyl carbamates (subject to hydrolysis) is 1. The van der Waals surface area contributed by atoms with Crippen LogP contribution in [-0.2, 0) is 20.9 Å². The molecule has 0 bridgehead atoms. The molecule has 0 spiro atoms. The van der Waals surface area contributed by atoms with Crippen molar-refractivity contribution in [3.05, 3.63) is 82.9 Å². The first-order chi connectivity index (χ1) is 14.5. The summed E-state index contributed by atoms with van der Waals surface area (Å²) in [5, 5.41) is 3.05. The van der Waals surface area contributed by atoms with E-state index in [1.165, 1.54) is 5.56 Å². The number of carbonyl (C=O) groups is 2. The minimum absolute atomic E-state index is 0.0599. The predicted octanol–water partition coefficient (Wildman–Crippen LogP) is 5.05. The average molecular weight is 408 g/mol. The highest BCUT2D eigenvalue weighted by atomic mass is 16.5. The van der Waals surface area contributed by atoms with Crippen molar-refractivity contribution in [3.8, 4) is 0 Å². The highest BCUT2D eigenvalue weighted by molar-refractivity contribution is 5.82. The van der Waals surface area contributed by atoms with Crippen molar-refractivity contribution in [3.63, 3.8) is 0 Å². The van der Waals surface area contributed by atoms with E-state index in [1.54, 1.807) is 13.0 Å². The summed E-state index contributed by atoms with van der Waals surface area (Å²) in [6.07, 6.45) is 3.37. The summed E-state index contributed by atoms with van der Waals surface area (Å²) in [5.41, 5.74) is 4.33. The van der Waals surface area contributed by atoms with Crippen molar-refractivity contribution in [2.45, 2.75) is 51.7 Å². The summed E-state index contributed by atoms with van der Waals surface area (Å²) >= 11 is 0. The van der Waals surface area contributed by atoms with Crippen LogP contribution in [0.25, 0.3) is 0 Å². The summed E-state index contributed by atoms with van der Waals surface area (Å²) in [7, 11) is 0. The van der Waals surface area contributed by atoms with Gasteiger partial charge in [-0.25, -0.2) is 9.59 Å². The van der Waals surface area contributed by atoms with Crippen molar-refractivity contribution < 1.29 is 19.1 Å². The number of carbonyl (C=O) groups excluding carboxylic acids is 2. The lowest BCUT2D eigenvalue weighted by Crippen LogP contribution is -2.41. The molecule has 0 aliphatic heterocycles. The second-order valence-electron chi connectivity index (χ2n) is 7.63. The Morgan fingerprint density at radius 3 is 2.50 bits per heavy atom. The van der Waals surface area contributed by atoms with E-state index >= 15 is 0 Å². The van der Waals surface area contributed by atoms with Gasteiger partial charge in [0.05, 0.1) is 6.61 Å². The van der Waals surface area contributed by atoms with Crippen LogP contribution in [0.1, 0.15) is 48.8 Å². The lowest BCUT2D eigenvalue weighted by atomic mass is 9.77. The molecule has 3 rings (SSSR count). The van der Waals surface area contributed by atoms with E-state index in [-0.39, 0.29) is 24.5 Å². The number of benzene rings is 2. The van der Waals surface area contributed by atoms with Gasteiger partial charge in [-0.2, -0.15) is 0 Å². The molecular weight excluding hydrogens is 378 g/mol. The summed E-state index contributed by atoms with van der Waals surface area (Å²) in [4.78, 5) is 24.3. The van der Waals surface area contributed by atoms with E-state index in [1.807, 2.05) is 37.3 Å². The van der Waals surface area contributed by atoms with Crippen LogP contribution in [0, 0.1) is 6.92 Å². The topological polar surface area (TPSA) is 64.6 Å². The number of allylic oxidation sites excluding steroid dienone is 1. The Labute approximate surface area is 178 Å². The Hall–Kier alpha value is -3.08. The molecule has 1 amide bonds. The van der Waals surface area contributed by atoms with Crippen LogP contribution in [0.2, 0.25) is 0 Å².